The van der Waals surface area contributed by atoms with Gasteiger partial charge in [0.05, 0.1) is 5.56 Å². The minimum atomic E-state index is -0.772. The summed E-state index contributed by atoms with van der Waals surface area (Å²) < 4.78 is 26.2. The summed E-state index contributed by atoms with van der Waals surface area (Å²) in [7, 11) is 0. The van der Waals surface area contributed by atoms with Gasteiger partial charge in [0.1, 0.15) is 17.5 Å². The lowest BCUT2D eigenvalue weighted by atomic mass is 10.2. The highest BCUT2D eigenvalue weighted by Gasteiger charge is 2.10. The number of aromatic amines is 1. The maximum atomic E-state index is 13.3. The summed E-state index contributed by atoms with van der Waals surface area (Å²) in [6, 6.07) is 2.80. The van der Waals surface area contributed by atoms with Crippen LogP contribution in [-0.2, 0) is 0 Å². The highest BCUT2D eigenvalue weighted by atomic mass is 19.1. The Balaban J connectivity index is 2.66. The van der Waals surface area contributed by atoms with Gasteiger partial charge < -0.3 is 5.73 Å². The van der Waals surface area contributed by atoms with Crippen molar-refractivity contribution in [3.05, 3.63) is 40.3 Å². The molecule has 0 saturated heterocycles. The van der Waals surface area contributed by atoms with Crippen LogP contribution in [0.15, 0.2) is 23.0 Å². The predicted molar refractivity (Wildman–Crippen MR) is 52.4 cm³/mol. The van der Waals surface area contributed by atoms with E-state index in [-0.39, 0.29) is 17.3 Å². The number of aromatic nitrogens is 3. The van der Waals surface area contributed by atoms with Crippen molar-refractivity contribution in [2.24, 2.45) is 0 Å². The molecule has 0 saturated carbocycles. The van der Waals surface area contributed by atoms with Crippen molar-refractivity contribution in [1.29, 1.82) is 0 Å². The molecule has 0 fully saturated rings. The molecule has 16 heavy (non-hydrogen) atoms. The number of nitrogens with zero attached hydrogens (tertiary/aromatic N) is 2. The van der Waals surface area contributed by atoms with Gasteiger partial charge in [0.25, 0.3) is 0 Å². The van der Waals surface area contributed by atoms with Crippen molar-refractivity contribution < 1.29 is 8.78 Å². The summed E-state index contributed by atoms with van der Waals surface area (Å²) in [6.45, 7) is 0. The highest BCUT2D eigenvalue weighted by molar-refractivity contribution is 5.56. The van der Waals surface area contributed by atoms with Gasteiger partial charge in [0.2, 0.25) is 5.95 Å². The van der Waals surface area contributed by atoms with Crippen LogP contribution in [0.1, 0.15) is 0 Å². The molecule has 82 valence electrons. The first-order valence-corrected chi connectivity index (χ1v) is 4.25. The lowest BCUT2D eigenvalue weighted by molar-refractivity contribution is 0.602. The van der Waals surface area contributed by atoms with Gasteiger partial charge in [0.15, 0.2) is 0 Å². The molecule has 0 bridgehead atoms. The van der Waals surface area contributed by atoms with E-state index in [1.54, 1.807) is 0 Å². The summed E-state index contributed by atoms with van der Waals surface area (Å²) in [5, 5.41) is 0. The molecule has 0 aliphatic rings. The Hall–Kier alpha value is -2.31. The molecule has 1 heterocycles. The molecule has 0 aliphatic carbocycles. The largest absolute Gasteiger partial charge is 0.368 e. The molecule has 0 atom stereocenters. The topological polar surface area (TPSA) is 84.7 Å². The van der Waals surface area contributed by atoms with Crippen LogP contribution in [0.5, 0.6) is 0 Å². The van der Waals surface area contributed by atoms with E-state index >= 15 is 0 Å². The van der Waals surface area contributed by atoms with E-state index in [4.69, 9.17) is 5.73 Å². The van der Waals surface area contributed by atoms with Crippen molar-refractivity contribution in [3.63, 3.8) is 0 Å². The van der Waals surface area contributed by atoms with Crippen molar-refractivity contribution in [2.45, 2.75) is 0 Å². The van der Waals surface area contributed by atoms with Crippen LogP contribution in [0.3, 0.4) is 0 Å². The summed E-state index contributed by atoms with van der Waals surface area (Å²) in [4.78, 5) is 20.0. The van der Waals surface area contributed by atoms with Crippen molar-refractivity contribution in [3.8, 4) is 11.4 Å². The molecular formula is C9H6F2N4O. The maximum Gasteiger partial charge on any atom is 0.349 e. The molecule has 0 amide bonds. The van der Waals surface area contributed by atoms with E-state index < -0.39 is 17.3 Å². The summed E-state index contributed by atoms with van der Waals surface area (Å²) in [6.07, 6.45) is 0. The van der Waals surface area contributed by atoms with Gasteiger partial charge >= 0.3 is 5.69 Å². The van der Waals surface area contributed by atoms with Gasteiger partial charge in [-0.15, -0.1) is 0 Å². The average Bonchev–Trinajstić information content (AvgIpc) is 2.20. The lowest BCUT2D eigenvalue weighted by Crippen LogP contribution is -2.15. The molecule has 1 aromatic carbocycles. The van der Waals surface area contributed by atoms with E-state index in [9.17, 15) is 13.6 Å². The molecule has 0 unspecified atom stereocenters. The SMILES string of the molecule is Nc1nc(-c2cc(F)ccc2F)[nH]c(=O)n1. The number of nitrogens with one attached hydrogen (secondary N) is 1. The van der Waals surface area contributed by atoms with E-state index in [0.29, 0.717) is 0 Å². The molecule has 7 heteroatoms. The number of hydrogen-bond acceptors (Lipinski definition) is 4. The van der Waals surface area contributed by atoms with Crippen molar-refractivity contribution in [2.75, 3.05) is 5.73 Å². The molecule has 0 spiro atoms. The van der Waals surface area contributed by atoms with Crippen LogP contribution in [0.2, 0.25) is 0 Å². The second-order valence-electron chi connectivity index (χ2n) is 2.98. The Kier molecular flexibility index (Phi) is 2.35. The number of hydrogen-bond donors (Lipinski definition) is 2. The first-order chi connectivity index (χ1) is 7.56. The van der Waals surface area contributed by atoms with Crippen LogP contribution < -0.4 is 11.4 Å². The third-order valence-corrected chi connectivity index (χ3v) is 1.85. The first kappa shape index (κ1) is 10.2. The second kappa shape index (κ2) is 3.69. The zero-order valence-electron chi connectivity index (χ0n) is 7.87. The zero-order valence-corrected chi connectivity index (χ0v) is 7.87. The molecule has 1 aromatic heterocycles. The molecule has 2 rings (SSSR count). The number of anilines is 1. The zero-order chi connectivity index (χ0) is 11.7. The fourth-order valence-corrected chi connectivity index (χ4v) is 1.21. The Morgan fingerprint density at radius 2 is 2.00 bits per heavy atom. The Morgan fingerprint density at radius 1 is 1.25 bits per heavy atom. The highest BCUT2D eigenvalue weighted by Crippen LogP contribution is 2.19. The maximum absolute atomic E-state index is 13.3. The number of nitrogens with two attached hydrogens (primary N) is 1. The smallest absolute Gasteiger partial charge is 0.349 e. The molecule has 5 nitrogen and oxygen atoms in total. The lowest BCUT2D eigenvalue weighted by Gasteiger charge is -2.02. The number of halogens is 2. The molecular weight excluding hydrogens is 218 g/mol. The van der Waals surface area contributed by atoms with Gasteiger partial charge in [-0.3, -0.25) is 4.98 Å². The number of H-pyrrole nitrogens is 1. The van der Waals surface area contributed by atoms with E-state index in [0.717, 1.165) is 18.2 Å². The summed E-state index contributed by atoms with van der Waals surface area (Å²) in [5.74, 6) is -1.82. The predicted octanol–water partition coefficient (Wildman–Crippen LogP) is 0.692. The monoisotopic (exact) mass is 224 g/mol. The van der Waals surface area contributed by atoms with Crippen LogP contribution in [0.25, 0.3) is 11.4 Å². The molecule has 3 N–H and O–H groups in total. The number of benzene rings is 1. The standard InChI is InChI=1S/C9H6F2N4O/c10-4-1-2-6(11)5(3-4)7-13-8(12)15-9(16)14-7/h1-3H,(H3,12,13,14,15,16). The van der Waals surface area contributed by atoms with Crippen LogP contribution in [0.4, 0.5) is 14.7 Å². The molecule has 0 aliphatic heterocycles. The molecule has 2 aromatic rings. The minimum Gasteiger partial charge on any atom is -0.368 e. The minimum absolute atomic E-state index is 0.158. The van der Waals surface area contributed by atoms with Gasteiger partial charge in [-0.2, -0.15) is 9.97 Å². The summed E-state index contributed by atoms with van der Waals surface area (Å²) >= 11 is 0. The second-order valence-corrected chi connectivity index (χ2v) is 2.98. The number of rotatable bonds is 1. The Labute approximate surface area is 88.0 Å². The van der Waals surface area contributed by atoms with Gasteiger partial charge in [-0.1, -0.05) is 0 Å². The Morgan fingerprint density at radius 3 is 2.69 bits per heavy atom. The quantitative estimate of drug-likeness (QED) is 0.746. The van der Waals surface area contributed by atoms with Crippen LogP contribution >= 0.6 is 0 Å². The van der Waals surface area contributed by atoms with E-state index in [1.807, 2.05) is 0 Å². The van der Waals surface area contributed by atoms with Crippen LogP contribution in [-0.4, -0.2) is 15.0 Å². The van der Waals surface area contributed by atoms with E-state index in [1.165, 1.54) is 0 Å². The third kappa shape index (κ3) is 1.88. The third-order valence-electron chi connectivity index (χ3n) is 1.85. The fourth-order valence-electron chi connectivity index (χ4n) is 1.21. The molecule has 0 radical (unpaired) electrons. The van der Waals surface area contributed by atoms with Gasteiger partial charge in [-0.25, -0.2) is 13.6 Å². The van der Waals surface area contributed by atoms with Crippen molar-refractivity contribution >= 4 is 5.95 Å². The fraction of sp³-hybridized carbons (Fsp3) is 0. The average molecular weight is 224 g/mol. The van der Waals surface area contributed by atoms with Crippen molar-refractivity contribution in [1.82, 2.24) is 15.0 Å². The summed E-state index contributed by atoms with van der Waals surface area (Å²) in [5.41, 5.74) is 4.28. The van der Waals surface area contributed by atoms with E-state index in [2.05, 4.69) is 15.0 Å². The normalized spacial score (nSPS) is 10.4. The van der Waals surface area contributed by atoms with Gasteiger partial charge in [-0.05, 0) is 18.2 Å². The number of nitrogen functional groups attached to an aromatic ring is 1. The van der Waals surface area contributed by atoms with Gasteiger partial charge in [0, 0.05) is 0 Å². The first-order valence-electron chi connectivity index (χ1n) is 4.25. The Bertz CT molecular complexity index is 596. The van der Waals surface area contributed by atoms with Crippen LogP contribution in [0, 0.1) is 11.6 Å².